The van der Waals surface area contributed by atoms with Crippen LogP contribution in [0.1, 0.15) is 54.5 Å². The molecule has 1 aromatic heterocycles. The van der Waals surface area contributed by atoms with Crippen molar-refractivity contribution in [3.05, 3.63) is 127 Å². The first-order valence-corrected chi connectivity index (χ1v) is 14.4. The molecule has 5 aromatic rings. The van der Waals surface area contributed by atoms with Gasteiger partial charge in [0.15, 0.2) is 11.6 Å². The van der Waals surface area contributed by atoms with E-state index in [-0.39, 0.29) is 29.5 Å². The molecule has 45 heavy (non-hydrogen) atoms. The van der Waals surface area contributed by atoms with Crippen LogP contribution < -0.4 is 15.0 Å². The van der Waals surface area contributed by atoms with Crippen LogP contribution in [0.2, 0.25) is 0 Å². The summed E-state index contributed by atoms with van der Waals surface area (Å²) >= 11 is 0. The summed E-state index contributed by atoms with van der Waals surface area (Å²) in [5.74, 6) is 1.30. The Morgan fingerprint density at radius 1 is 1.04 bits per heavy atom. The number of aryl methyl sites for hydroxylation is 1. The number of para-hydroxylation sites is 1. The Bertz CT molecular complexity index is 2040. The minimum atomic E-state index is -0.547. The lowest BCUT2D eigenvalue weighted by Crippen LogP contribution is -2.21. The molecule has 0 atom stereocenters. The normalized spacial score (nSPS) is 11.2. The van der Waals surface area contributed by atoms with Gasteiger partial charge in [0, 0.05) is 22.8 Å². The number of aromatic nitrogens is 2. The second-order valence-corrected chi connectivity index (χ2v) is 10.6. The van der Waals surface area contributed by atoms with Gasteiger partial charge >= 0.3 is 5.69 Å². The molecule has 0 amide bonds. The van der Waals surface area contributed by atoms with Crippen LogP contribution in [0.3, 0.4) is 0 Å². The monoisotopic (exact) mass is 601 g/mol. The largest absolute Gasteiger partial charge is 0.494 e. The van der Waals surface area contributed by atoms with Gasteiger partial charge in [-0.2, -0.15) is 15.0 Å². The molecule has 5 rings (SSSR count). The highest BCUT2D eigenvalue weighted by Gasteiger charge is 2.20. The van der Waals surface area contributed by atoms with Crippen LogP contribution in [0.25, 0.3) is 22.3 Å². The lowest BCUT2D eigenvalue weighted by molar-refractivity contribution is -0.385. The Morgan fingerprint density at radius 3 is 2.53 bits per heavy atom. The van der Waals surface area contributed by atoms with Crippen molar-refractivity contribution in [2.75, 3.05) is 6.61 Å². The minimum Gasteiger partial charge on any atom is -0.494 e. The molecule has 0 aliphatic heterocycles. The summed E-state index contributed by atoms with van der Waals surface area (Å²) in [5, 5.41) is 26.2. The van der Waals surface area contributed by atoms with Crippen molar-refractivity contribution in [1.29, 1.82) is 5.26 Å². The van der Waals surface area contributed by atoms with Crippen LogP contribution in [-0.2, 0) is 6.61 Å². The summed E-state index contributed by atoms with van der Waals surface area (Å²) in [5.41, 5.74) is 3.83. The maximum atomic E-state index is 13.8. The topological polar surface area (TPSA) is 133 Å². The van der Waals surface area contributed by atoms with Crippen LogP contribution in [0, 0.1) is 28.4 Å². The van der Waals surface area contributed by atoms with Crippen LogP contribution in [-0.4, -0.2) is 27.4 Å². The van der Waals surface area contributed by atoms with Crippen molar-refractivity contribution in [3.8, 4) is 29.0 Å². The lowest BCUT2D eigenvalue weighted by atomic mass is 9.96. The third-order valence-corrected chi connectivity index (χ3v) is 7.30. The molecule has 0 aliphatic carbocycles. The molecule has 4 aromatic carbocycles. The van der Waals surface area contributed by atoms with E-state index in [1.807, 2.05) is 32.0 Å². The Morgan fingerprint density at radius 2 is 1.80 bits per heavy atom. The van der Waals surface area contributed by atoms with Crippen molar-refractivity contribution in [2.45, 2.75) is 40.2 Å². The summed E-state index contributed by atoms with van der Waals surface area (Å²) in [6, 6.07) is 24.4. The van der Waals surface area contributed by atoms with Gasteiger partial charge in [0.05, 0.1) is 40.3 Å². The van der Waals surface area contributed by atoms with Crippen molar-refractivity contribution in [2.24, 2.45) is 5.10 Å². The third kappa shape index (κ3) is 6.43. The van der Waals surface area contributed by atoms with E-state index in [1.54, 1.807) is 48.5 Å². The Hall–Kier alpha value is -5.82. The fourth-order valence-corrected chi connectivity index (χ4v) is 4.99. The van der Waals surface area contributed by atoms with Crippen molar-refractivity contribution in [1.82, 2.24) is 9.66 Å². The van der Waals surface area contributed by atoms with Gasteiger partial charge in [-0.3, -0.25) is 14.9 Å². The average Bonchev–Trinajstić information content (AvgIpc) is 3.03. The van der Waals surface area contributed by atoms with E-state index in [2.05, 4.69) is 25.0 Å². The van der Waals surface area contributed by atoms with Gasteiger partial charge in [-0.1, -0.05) is 44.2 Å². The summed E-state index contributed by atoms with van der Waals surface area (Å²) in [7, 11) is 0. The molecule has 10 nitrogen and oxygen atoms in total. The van der Waals surface area contributed by atoms with E-state index in [0.29, 0.717) is 40.0 Å². The molecule has 0 saturated carbocycles. The standard InChI is InChI=1S/C35H31N5O5/c1-5-44-33-16-23(4)29(18-28(33)22(2)3)34-38-30-13-9-8-12-27(30)35(41)39(34)37-20-24-14-15-32(31(17-24)40(42)43)45-21-26-11-7-6-10-25(26)19-36/h6-18,20,22H,5,21H2,1-4H3. The molecule has 0 fully saturated rings. The Balaban J connectivity index is 1.58. The quantitative estimate of drug-likeness (QED) is 0.0944. The van der Waals surface area contributed by atoms with Gasteiger partial charge in [-0.05, 0) is 73.4 Å². The SMILES string of the molecule is CCOc1cc(C)c(-c2nc3ccccc3c(=O)n2N=Cc2ccc(OCc3ccccc3C#N)c([N+](=O)[O-])c2)cc1C(C)C. The third-order valence-electron chi connectivity index (χ3n) is 7.30. The zero-order chi connectivity index (χ0) is 32.1. The number of hydrogen-bond acceptors (Lipinski definition) is 8. The summed E-state index contributed by atoms with van der Waals surface area (Å²) in [6.45, 7) is 8.50. The second kappa shape index (κ2) is 13.2. The number of nitro benzene ring substituents is 1. The number of nitriles is 1. The zero-order valence-corrected chi connectivity index (χ0v) is 25.4. The number of fused-ring (bicyclic) bond motifs is 1. The Kier molecular flexibility index (Phi) is 9.00. The Labute approximate surface area is 260 Å². The van der Waals surface area contributed by atoms with Gasteiger partial charge in [0.1, 0.15) is 12.4 Å². The molecule has 0 aliphatic rings. The predicted molar refractivity (Wildman–Crippen MR) is 173 cm³/mol. The van der Waals surface area contributed by atoms with E-state index in [4.69, 9.17) is 14.5 Å². The number of nitro groups is 1. The van der Waals surface area contributed by atoms with E-state index < -0.39 is 4.92 Å². The van der Waals surface area contributed by atoms with Crippen LogP contribution in [0.15, 0.2) is 88.8 Å². The lowest BCUT2D eigenvalue weighted by Gasteiger charge is -2.18. The van der Waals surface area contributed by atoms with Crippen molar-refractivity contribution in [3.63, 3.8) is 0 Å². The van der Waals surface area contributed by atoms with E-state index >= 15 is 0 Å². The number of nitrogens with zero attached hydrogens (tertiary/aromatic N) is 5. The molecular formula is C35H31N5O5. The van der Waals surface area contributed by atoms with E-state index in [1.165, 1.54) is 23.0 Å². The van der Waals surface area contributed by atoms with Gasteiger partial charge in [-0.25, -0.2) is 4.98 Å². The zero-order valence-electron chi connectivity index (χ0n) is 25.4. The van der Waals surface area contributed by atoms with Crippen molar-refractivity contribution < 1.29 is 14.4 Å². The average molecular weight is 602 g/mol. The molecule has 0 spiro atoms. The van der Waals surface area contributed by atoms with E-state index in [0.717, 1.165) is 22.4 Å². The van der Waals surface area contributed by atoms with E-state index in [9.17, 15) is 20.2 Å². The minimum absolute atomic E-state index is 0.0146. The first kappa shape index (κ1) is 30.6. The maximum absolute atomic E-state index is 13.8. The maximum Gasteiger partial charge on any atom is 0.311 e. The van der Waals surface area contributed by atoms with Gasteiger partial charge in [0.25, 0.3) is 5.56 Å². The summed E-state index contributed by atoms with van der Waals surface area (Å²) in [4.78, 5) is 30.0. The highest BCUT2D eigenvalue weighted by atomic mass is 16.6. The molecular weight excluding hydrogens is 570 g/mol. The molecule has 0 radical (unpaired) electrons. The molecule has 1 heterocycles. The number of rotatable bonds is 10. The highest BCUT2D eigenvalue weighted by molar-refractivity contribution is 5.83. The predicted octanol–water partition coefficient (Wildman–Crippen LogP) is 7.14. The highest BCUT2D eigenvalue weighted by Crippen LogP contribution is 2.34. The summed E-state index contributed by atoms with van der Waals surface area (Å²) in [6.07, 6.45) is 1.39. The molecule has 0 N–H and O–H groups in total. The first-order chi connectivity index (χ1) is 21.7. The molecule has 0 unspecified atom stereocenters. The number of benzene rings is 4. The molecule has 0 saturated heterocycles. The second-order valence-electron chi connectivity index (χ2n) is 10.6. The van der Waals surface area contributed by atoms with Crippen LogP contribution >= 0.6 is 0 Å². The summed E-state index contributed by atoms with van der Waals surface area (Å²) < 4.78 is 12.9. The number of ether oxygens (including phenoxy) is 2. The van der Waals surface area contributed by atoms with Crippen molar-refractivity contribution >= 4 is 22.8 Å². The molecule has 226 valence electrons. The molecule has 0 bridgehead atoms. The van der Waals surface area contributed by atoms with Gasteiger partial charge < -0.3 is 9.47 Å². The van der Waals surface area contributed by atoms with Crippen LogP contribution in [0.5, 0.6) is 11.5 Å². The smallest absolute Gasteiger partial charge is 0.311 e. The van der Waals surface area contributed by atoms with Crippen LogP contribution in [0.4, 0.5) is 5.69 Å². The fourth-order valence-electron chi connectivity index (χ4n) is 4.99. The molecule has 10 heteroatoms. The number of hydrogen-bond donors (Lipinski definition) is 0. The fraction of sp³-hybridized carbons (Fsp3) is 0.200. The van der Waals surface area contributed by atoms with Gasteiger partial charge in [0.2, 0.25) is 0 Å². The first-order valence-electron chi connectivity index (χ1n) is 14.4. The van der Waals surface area contributed by atoms with Gasteiger partial charge in [-0.15, -0.1) is 0 Å².